The molecule has 0 saturated heterocycles. The van der Waals surface area contributed by atoms with Gasteiger partial charge in [-0.2, -0.15) is 0 Å². The van der Waals surface area contributed by atoms with Crippen molar-refractivity contribution in [1.29, 1.82) is 0 Å². The Labute approximate surface area is 251 Å². The van der Waals surface area contributed by atoms with Crippen molar-refractivity contribution in [2.75, 3.05) is 35.4 Å². The molecule has 216 valence electrons. The highest BCUT2D eigenvalue weighted by Gasteiger charge is 2.26. The van der Waals surface area contributed by atoms with Gasteiger partial charge in [-0.05, 0) is 74.0 Å². The third-order valence-electron chi connectivity index (χ3n) is 5.93. The van der Waals surface area contributed by atoms with E-state index in [-0.39, 0.29) is 34.7 Å². The summed E-state index contributed by atoms with van der Waals surface area (Å²) in [5.74, 6) is -0.966. The van der Waals surface area contributed by atoms with E-state index in [1.165, 1.54) is 11.8 Å². The molecule has 0 unspecified atom stereocenters. The average Bonchev–Trinajstić information content (AvgIpc) is 3.32. The molecule has 1 heterocycles. The first-order chi connectivity index (χ1) is 20.3. The molecule has 3 aromatic carbocycles. The number of para-hydroxylation sites is 1. The molecule has 3 amide bonds. The Bertz CT molecular complexity index is 1590. The molecule has 42 heavy (non-hydrogen) atoms. The molecule has 9 nitrogen and oxygen atoms in total. The Hall–Kier alpha value is -4.61. The molecule has 0 fully saturated rings. The Balaban J connectivity index is 1.42. The van der Waals surface area contributed by atoms with Crippen molar-refractivity contribution < 1.29 is 28.7 Å². The number of thioether (sulfide) groups is 1. The number of hydrogen-bond donors (Lipinski definition) is 3. The van der Waals surface area contributed by atoms with Gasteiger partial charge in [-0.15, -0.1) is 23.1 Å². The first kappa shape index (κ1) is 30.4. The van der Waals surface area contributed by atoms with Gasteiger partial charge in [0.05, 0.1) is 29.9 Å². The number of benzene rings is 3. The molecule has 0 radical (unpaired) electrons. The topological polar surface area (TPSA) is 123 Å². The second kappa shape index (κ2) is 14.3. The number of amides is 3. The molecule has 4 rings (SSSR count). The van der Waals surface area contributed by atoms with Crippen LogP contribution in [0.3, 0.4) is 0 Å². The minimum Gasteiger partial charge on any atom is -0.497 e. The van der Waals surface area contributed by atoms with E-state index in [1.807, 2.05) is 12.1 Å². The highest BCUT2D eigenvalue weighted by atomic mass is 32.2. The quantitative estimate of drug-likeness (QED) is 0.133. The summed E-state index contributed by atoms with van der Waals surface area (Å²) in [6.07, 6.45) is 0. The maximum absolute atomic E-state index is 13.0. The van der Waals surface area contributed by atoms with Gasteiger partial charge in [0.15, 0.2) is 0 Å². The molecule has 0 spiro atoms. The van der Waals surface area contributed by atoms with E-state index in [0.29, 0.717) is 33.1 Å². The molecule has 0 aliphatic heterocycles. The normalized spacial score (nSPS) is 10.5. The highest BCUT2D eigenvalue weighted by Crippen LogP contribution is 2.35. The van der Waals surface area contributed by atoms with E-state index in [0.717, 1.165) is 16.2 Å². The van der Waals surface area contributed by atoms with Crippen LogP contribution in [0, 0.1) is 6.92 Å². The third-order valence-corrected chi connectivity index (χ3v) is 8.13. The van der Waals surface area contributed by atoms with Crippen molar-refractivity contribution in [3.63, 3.8) is 0 Å². The lowest BCUT2D eigenvalue weighted by molar-refractivity contribution is -0.113. The molecule has 3 N–H and O–H groups in total. The van der Waals surface area contributed by atoms with E-state index >= 15 is 0 Å². The van der Waals surface area contributed by atoms with E-state index < -0.39 is 11.9 Å². The number of rotatable bonds is 11. The summed E-state index contributed by atoms with van der Waals surface area (Å²) in [6, 6.07) is 22.8. The molecule has 0 bridgehead atoms. The van der Waals surface area contributed by atoms with Gasteiger partial charge in [-0.1, -0.05) is 24.3 Å². The van der Waals surface area contributed by atoms with Gasteiger partial charge < -0.3 is 25.4 Å². The SMILES string of the molecule is CCOC(=O)c1c(NC(=O)CSc2cccc(NC(=O)c3ccc(OC)cc3)c2)sc(C(=O)Nc2ccccc2)c1C. The lowest BCUT2D eigenvalue weighted by atomic mass is 10.1. The number of carbonyl (C=O) groups is 4. The first-order valence-electron chi connectivity index (χ1n) is 12.9. The zero-order valence-corrected chi connectivity index (χ0v) is 24.8. The fourth-order valence-electron chi connectivity index (χ4n) is 3.90. The van der Waals surface area contributed by atoms with Crippen LogP contribution in [0.4, 0.5) is 16.4 Å². The van der Waals surface area contributed by atoms with Crippen LogP contribution in [0.5, 0.6) is 5.75 Å². The van der Waals surface area contributed by atoms with Crippen LogP contribution < -0.4 is 20.7 Å². The molecular formula is C31H29N3O6S2. The van der Waals surface area contributed by atoms with Crippen LogP contribution in [-0.4, -0.2) is 43.2 Å². The predicted molar refractivity (Wildman–Crippen MR) is 166 cm³/mol. The number of hydrogen-bond acceptors (Lipinski definition) is 8. The van der Waals surface area contributed by atoms with Crippen LogP contribution >= 0.6 is 23.1 Å². The van der Waals surface area contributed by atoms with Gasteiger partial charge >= 0.3 is 5.97 Å². The maximum atomic E-state index is 13.0. The van der Waals surface area contributed by atoms with Crippen LogP contribution in [0.25, 0.3) is 0 Å². The van der Waals surface area contributed by atoms with Crippen LogP contribution in [0.15, 0.2) is 83.8 Å². The lowest BCUT2D eigenvalue weighted by Crippen LogP contribution is -2.16. The lowest BCUT2D eigenvalue weighted by Gasteiger charge is -2.09. The Kier molecular flexibility index (Phi) is 10.4. The van der Waals surface area contributed by atoms with Crippen molar-refractivity contribution in [2.24, 2.45) is 0 Å². The molecular weight excluding hydrogens is 574 g/mol. The molecule has 0 atom stereocenters. The minimum absolute atomic E-state index is 0.0284. The average molecular weight is 604 g/mol. The van der Waals surface area contributed by atoms with Gasteiger partial charge in [0.1, 0.15) is 10.8 Å². The van der Waals surface area contributed by atoms with Crippen LogP contribution in [0.2, 0.25) is 0 Å². The fraction of sp³-hybridized carbons (Fsp3) is 0.161. The summed E-state index contributed by atoms with van der Waals surface area (Å²) < 4.78 is 10.3. The number of esters is 1. The van der Waals surface area contributed by atoms with Crippen LogP contribution in [-0.2, 0) is 9.53 Å². The van der Waals surface area contributed by atoms with E-state index in [4.69, 9.17) is 9.47 Å². The highest BCUT2D eigenvalue weighted by molar-refractivity contribution is 8.00. The summed E-state index contributed by atoms with van der Waals surface area (Å²) in [4.78, 5) is 52.4. The number of nitrogens with one attached hydrogen (secondary N) is 3. The zero-order valence-electron chi connectivity index (χ0n) is 23.2. The largest absolute Gasteiger partial charge is 0.497 e. The summed E-state index contributed by atoms with van der Waals surface area (Å²) in [5.41, 5.74) is 2.25. The van der Waals surface area contributed by atoms with Gasteiger partial charge in [0, 0.05) is 21.8 Å². The van der Waals surface area contributed by atoms with E-state index in [9.17, 15) is 19.2 Å². The number of carbonyl (C=O) groups excluding carboxylic acids is 4. The molecule has 0 aliphatic rings. The number of ether oxygens (including phenoxy) is 2. The molecule has 4 aromatic rings. The monoisotopic (exact) mass is 603 g/mol. The van der Waals surface area contributed by atoms with Crippen molar-refractivity contribution in [3.8, 4) is 5.75 Å². The standard InChI is InChI=1S/C31H29N3O6S2/c1-4-40-31(38)26-19(2)27(29(37)32-21-9-6-5-7-10-21)42-30(26)34-25(35)18-41-24-12-8-11-22(17-24)33-28(36)20-13-15-23(39-3)16-14-20/h5-17H,4,18H2,1-3H3,(H,32,37)(H,33,36)(H,34,35). The Morgan fingerprint density at radius 1 is 0.833 bits per heavy atom. The zero-order chi connectivity index (χ0) is 30.1. The van der Waals surface area contributed by atoms with Gasteiger partial charge in [-0.25, -0.2) is 4.79 Å². The number of methoxy groups -OCH3 is 1. The predicted octanol–water partition coefficient (Wildman–Crippen LogP) is 6.48. The fourth-order valence-corrected chi connectivity index (χ4v) is 5.76. The molecule has 1 aromatic heterocycles. The second-order valence-corrected chi connectivity index (χ2v) is 10.9. The Morgan fingerprint density at radius 3 is 2.21 bits per heavy atom. The van der Waals surface area contributed by atoms with Crippen molar-refractivity contribution in [3.05, 3.63) is 100 Å². The van der Waals surface area contributed by atoms with Crippen LogP contribution in [0.1, 0.15) is 42.9 Å². The van der Waals surface area contributed by atoms with Crippen molar-refractivity contribution in [1.82, 2.24) is 0 Å². The second-order valence-electron chi connectivity index (χ2n) is 8.85. The van der Waals surface area contributed by atoms with Gasteiger partial charge in [-0.3, -0.25) is 14.4 Å². The van der Waals surface area contributed by atoms with Crippen molar-refractivity contribution >= 4 is 63.2 Å². The van der Waals surface area contributed by atoms with E-state index in [1.54, 1.807) is 87.7 Å². The molecule has 0 aliphatic carbocycles. The molecule has 0 saturated carbocycles. The van der Waals surface area contributed by atoms with Gasteiger partial charge in [0.2, 0.25) is 5.91 Å². The summed E-state index contributed by atoms with van der Waals surface area (Å²) in [5, 5.41) is 8.68. The minimum atomic E-state index is -0.617. The maximum Gasteiger partial charge on any atom is 0.341 e. The summed E-state index contributed by atoms with van der Waals surface area (Å²) >= 11 is 2.28. The van der Waals surface area contributed by atoms with E-state index in [2.05, 4.69) is 16.0 Å². The first-order valence-corrected chi connectivity index (χ1v) is 14.7. The van der Waals surface area contributed by atoms with Crippen molar-refractivity contribution in [2.45, 2.75) is 18.7 Å². The smallest absolute Gasteiger partial charge is 0.341 e. The Morgan fingerprint density at radius 2 is 1.52 bits per heavy atom. The third kappa shape index (κ3) is 7.77. The summed E-state index contributed by atoms with van der Waals surface area (Å²) in [6.45, 7) is 3.48. The number of thiophene rings is 1. The summed E-state index contributed by atoms with van der Waals surface area (Å²) in [7, 11) is 1.56. The molecule has 11 heteroatoms. The van der Waals surface area contributed by atoms with Gasteiger partial charge in [0.25, 0.3) is 11.8 Å². The number of anilines is 3.